The van der Waals surface area contributed by atoms with Gasteiger partial charge in [0.15, 0.2) is 0 Å². The van der Waals surface area contributed by atoms with Gasteiger partial charge < -0.3 is 10.2 Å². The van der Waals surface area contributed by atoms with Crippen LogP contribution in [0.2, 0.25) is 0 Å². The molecule has 2 aliphatic heterocycles. The molecule has 0 spiro atoms. The summed E-state index contributed by atoms with van der Waals surface area (Å²) in [7, 11) is 0. The molecule has 0 aromatic carbocycles. The third-order valence-corrected chi connectivity index (χ3v) is 5.27. The molecule has 1 aromatic heterocycles. The van der Waals surface area contributed by atoms with Crippen molar-refractivity contribution in [1.82, 2.24) is 14.8 Å². The zero-order valence-electron chi connectivity index (χ0n) is 15.6. The van der Waals surface area contributed by atoms with Crippen LogP contribution in [-0.4, -0.2) is 52.3 Å². The zero-order valence-corrected chi connectivity index (χ0v) is 15.6. The smallest absolute Gasteiger partial charge is 0.354 e. The average molecular weight is 424 g/mol. The second-order valence-electron chi connectivity index (χ2n) is 7.37. The number of amides is 1. The molecule has 1 N–H and O–H groups in total. The van der Waals surface area contributed by atoms with Crippen molar-refractivity contribution in [2.45, 2.75) is 63.1 Å². The summed E-state index contributed by atoms with van der Waals surface area (Å²) >= 11 is 0. The van der Waals surface area contributed by atoms with Crippen LogP contribution in [0.4, 0.5) is 32.2 Å². The van der Waals surface area contributed by atoms with Gasteiger partial charge in [0, 0.05) is 25.4 Å². The number of carbonyl (C=O) groups excluding carboxylic acids is 1. The molecule has 29 heavy (non-hydrogen) atoms. The Morgan fingerprint density at radius 3 is 2.59 bits per heavy atom. The Morgan fingerprint density at radius 1 is 1.14 bits per heavy atom. The third kappa shape index (κ3) is 5.74. The van der Waals surface area contributed by atoms with Crippen LogP contribution in [0.25, 0.3) is 0 Å². The van der Waals surface area contributed by atoms with E-state index in [0.29, 0.717) is 19.4 Å². The first-order valence-corrected chi connectivity index (χ1v) is 9.44. The third-order valence-electron chi connectivity index (χ3n) is 5.27. The van der Waals surface area contributed by atoms with E-state index in [1.807, 2.05) is 4.90 Å². The molecule has 0 unspecified atom stereocenters. The molecule has 1 aromatic rings. The van der Waals surface area contributed by atoms with E-state index < -0.39 is 24.5 Å². The number of hydrogen-bond acceptors (Lipinski definition) is 4. The minimum Gasteiger partial charge on any atom is -0.354 e. The second-order valence-corrected chi connectivity index (χ2v) is 7.37. The average Bonchev–Trinajstić information content (AvgIpc) is 3.02. The molecule has 5 nitrogen and oxygen atoms in total. The van der Waals surface area contributed by atoms with Gasteiger partial charge in [0.25, 0.3) is 0 Å². The van der Waals surface area contributed by atoms with Crippen molar-refractivity contribution in [2.75, 3.05) is 18.5 Å². The maximum Gasteiger partial charge on any atom is 0.433 e. The lowest BCUT2D eigenvalue weighted by Gasteiger charge is -2.40. The number of rotatable bonds is 5. The lowest BCUT2D eigenvalue weighted by Crippen LogP contribution is -2.54. The maximum atomic E-state index is 12.9. The number of aromatic nitrogens is 1. The highest BCUT2D eigenvalue weighted by atomic mass is 19.4. The SMILES string of the molecule is O=C(CCCC(F)(F)F)N1CC[C@@H]2CC[C@@H](Nc3cccc(C(F)(F)F)n3)N2C1. The molecule has 2 aliphatic rings. The molecule has 2 atom stereocenters. The maximum absolute atomic E-state index is 12.9. The van der Waals surface area contributed by atoms with Gasteiger partial charge in [-0.25, -0.2) is 4.98 Å². The summed E-state index contributed by atoms with van der Waals surface area (Å²) in [6.07, 6.45) is -8.35. The number of halogens is 6. The van der Waals surface area contributed by atoms with Crippen LogP contribution in [0.1, 0.15) is 44.2 Å². The van der Waals surface area contributed by atoms with E-state index in [0.717, 1.165) is 12.5 Å². The first-order chi connectivity index (χ1) is 13.5. The number of alkyl halides is 6. The van der Waals surface area contributed by atoms with E-state index in [9.17, 15) is 31.1 Å². The van der Waals surface area contributed by atoms with Gasteiger partial charge in [0.2, 0.25) is 5.91 Å². The number of anilines is 1. The summed E-state index contributed by atoms with van der Waals surface area (Å²) in [5.74, 6) is -0.241. The van der Waals surface area contributed by atoms with E-state index >= 15 is 0 Å². The highest BCUT2D eigenvalue weighted by Crippen LogP contribution is 2.32. The molecule has 0 bridgehead atoms. The number of hydrogen-bond donors (Lipinski definition) is 1. The monoisotopic (exact) mass is 424 g/mol. The molecule has 2 fully saturated rings. The largest absolute Gasteiger partial charge is 0.433 e. The number of nitrogens with one attached hydrogen (secondary N) is 1. The molecule has 3 rings (SSSR count). The van der Waals surface area contributed by atoms with Crippen LogP contribution < -0.4 is 5.32 Å². The quantitative estimate of drug-likeness (QED) is 0.719. The van der Waals surface area contributed by atoms with Crippen molar-refractivity contribution in [2.24, 2.45) is 0 Å². The molecule has 0 aliphatic carbocycles. The highest BCUT2D eigenvalue weighted by Gasteiger charge is 2.39. The van der Waals surface area contributed by atoms with Crippen LogP contribution in [0, 0.1) is 0 Å². The number of pyridine rings is 1. The Bertz CT molecular complexity index is 723. The Labute approximate surface area is 164 Å². The molecule has 3 heterocycles. The Balaban J connectivity index is 1.59. The van der Waals surface area contributed by atoms with E-state index in [2.05, 4.69) is 10.3 Å². The van der Waals surface area contributed by atoms with Crippen molar-refractivity contribution in [1.29, 1.82) is 0 Å². The summed E-state index contributed by atoms with van der Waals surface area (Å²) in [6.45, 7) is 0.715. The summed E-state index contributed by atoms with van der Waals surface area (Å²) < 4.78 is 75.4. The molecule has 2 saturated heterocycles. The predicted octanol–water partition coefficient (Wildman–Crippen LogP) is 4.23. The van der Waals surface area contributed by atoms with Crippen molar-refractivity contribution in [3.63, 3.8) is 0 Å². The minimum absolute atomic E-state index is 0.0964. The molecule has 1 amide bonds. The number of nitrogens with zero attached hydrogens (tertiary/aromatic N) is 3. The fourth-order valence-corrected chi connectivity index (χ4v) is 3.83. The lowest BCUT2D eigenvalue weighted by atomic mass is 10.1. The summed E-state index contributed by atoms with van der Waals surface area (Å²) in [5.41, 5.74) is -0.989. The van der Waals surface area contributed by atoms with Gasteiger partial charge >= 0.3 is 12.4 Å². The Kier molecular flexibility index (Phi) is 6.25. The van der Waals surface area contributed by atoms with Crippen molar-refractivity contribution in [3.8, 4) is 0 Å². The van der Waals surface area contributed by atoms with E-state index in [4.69, 9.17) is 0 Å². The summed E-state index contributed by atoms with van der Waals surface area (Å²) in [5, 5.41) is 3.00. The molecule has 0 saturated carbocycles. The van der Waals surface area contributed by atoms with Gasteiger partial charge in [-0.3, -0.25) is 9.69 Å². The predicted molar refractivity (Wildman–Crippen MR) is 92.6 cm³/mol. The fraction of sp³-hybridized carbons (Fsp3) is 0.667. The summed E-state index contributed by atoms with van der Waals surface area (Å²) in [6, 6.07) is 3.80. The fourth-order valence-electron chi connectivity index (χ4n) is 3.83. The van der Waals surface area contributed by atoms with Gasteiger partial charge in [-0.05, 0) is 37.8 Å². The lowest BCUT2D eigenvalue weighted by molar-refractivity contribution is -0.143. The number of fused-ring (bicyclic) bond motifs is 1. The van der Waals surface area contributed by atoms with Gasteiger partial charge in [-0.1, -0.05) is 6.07 Å². The van der Waals surface area contributed by atoms with Crippen LogP contribution >= 0.6 is 0 Å². The highest BCUT2D eigenvalue weighted by molar-refractivity contribution is 5.76. The zero-order chi connectivity index (χ0) is 21.2. The first-order valence-electron chi connectivity index (χ1n) is 9.44. The molecular formula is C18H22F6N4O. The Hall–Kier alpha value is -2.04. The normalized spacial score (nSPS) is 23.2. The molecule has 0 radical (unpaired) electrons. The van der Waals surface area contributed by atoms with Crippen molar-refractivity contribution >= 4 is 11.7 Å². The standard InChI is InChI=1S/C18H22F6N4O/c19-17(20,21)9-2-5-16(29)27-10-8-12-6-7-15(28(12)11-27)26-14-4-1-3-13(25-14)18(22,23)24/h1,3-4,12,15H,2,5-11H2,(H,25,26)/t12-,15-/m0/s1. The molecular weight excluding hydrogens is 402 g/mol. The van der Waals surface area contributed by atoms with Crippen LogP contribution in [0.5, 0.6) is 0 Å². The van der Waals surface area contributed by atoms with Gasteiger partial charge in [0.1, 0.15) is 11.5 Å². The van der Waals surface area contributed by atoms with E-state index in [1.54, 1.807) is 0 Å². The van der Waals surface area contributed by atoms with Crippen LogP contribution in [-0.2, 0) is 11.0 Å². The number of carbonyl (C=O) groups is 1. The summed E-state index contributed by atoms with van der Waals surface area (Å²) in [4.78, 5) is 19.4. The van der Waals surface area contributed by atoms with Crippen LogP contribution in [0.15, 0.2) is 18.2 Å². The van der Waals surface area contributed by atoms with Crippen LogP contribution in [0.3, 0.4) is 0 Å². The topological polar surface area (TPSA) is 48.5 Å². The first kappa shape index (κ1) is 21.7. The van der Waals surface area contributed by atoms with Crippen molar-refractivity contribution < 1.29 is 31.1 Å². The minimum atomic E-state index is -4.54. The van der Waals surface area contributed by atoms with E-state index in [1.165, 1.54) is 17.0 Å². The Morgan fingerprint density at radius 2 is 1.90 bits per heavy atom. The van der Waals surface area contributed by atoms with Crippen molar-refractivity contribution in [3.05, 3.63) is 23.9 Å². The molecule has 11 heteroatoms. The van der Waals surface area contributed by atoms with E-state index in [-0.39, 0.29) is 43.4 Å². The second kappa shape index (κ2) is 8.37. The molecule has 162 valence electrons. The van der Waals surface area contributed by atoms with Gasteiger partial charge in [-0.2, -0.15) is 26.3 Å². The van der Waals surface area contributed by atoms with Gasteiger partial charge in [-0.15, -0.1) is 0 Å². The van der Waals surface area contributed by atoms with Gasteiger partial charge in [0.05, 0.1) is 12.8 Å².